The third-order valence-electron chi connectivity index (χ3n) is 3.50. The normalized spacial score (nSPS) is 25.4. The average Bonchev–Trinajstić information content (AvgIpc) is 2.62. The number of sulfone groups is 1. The molecule has 1 aliphatic rings. The van der Waals surface area contributed by atoms with Crippen LogP contribution in [0.15, 0.2) is 18.2 Å². The van der Waals surface area contributed by atoms with Crippen molar-refractivity contribution in [1.82, 2.24) is 5.32 Å². The van der Waals surface area contributed by atoms with Gasteiger partial charge >= 0.3 is 0 Å². The van der Waals surface area contributed by atoms with Crippen molar-refractivity contribution in [3.63, 3.8) is 0 Å². The maximum atomic E-state index is 11.5. The predicted molar refractivity (Wildman–Crippen MR) is 73.2 cm³/mol. The zero-order valence-electron chi connectivity index (χ0n) is 11.1. The number of phenols is 1. The van der Waals surface area contributed by atoms with Gasteiger partial charge in [0.1, 0.15) is 11.5 Å². The number of methoxy groups -OCH3 is 1. The zero-order valence-corrected chi connectivity index (χ0v) is 12.0. The van der Waals surface area contributed by atoms with E-state index in [-0.39, 0.29) is 17.3 Å². The molecule has 1 heterocycles. The highest BCUT2D eigenvalue weighted by molar-refractivity contribution is 7.91. The molecular weight excluding hydrogens is 266 g/mol. The molecule has 0 saturated carbocycles. The van der Waals surface area contributed by atoms with Gasteiger partial charge in [-0.15, -0.1) is 0 Å². The fourth-order valence-corrected chi connectivity index (χ4v) is 4.40. The van der Waals surface area contributed by atoms with Crippen LogP contribution in [0.2, 0.25) is 0 Å². The molecule has 1 aliphatic heterocycles. The monoisotopic (exact) mass is 285 g/mol. The summed E-state index contributed by atoms with van der Waals surface area (Å²) in [5.41, 5.74) is 0.317. The number of hydrogen-bond acceptors (Lipinski definition) is 5. The Kier molecular flexibility index (Phi) is 3.73. The van der Waals surface area contributed by atoms with Crippen LogP contribution in [0.25, 0.3) is 0 Å². The van der Waals surface area contributed by atoms with Crippen LogP contribution in [0.4, 0.5) is 0 Å². The summed E-state index contributed by atoms with van der Waals surface area (Å²) < 4.78 is 28.0. The van der Waals surface area contributed by atoms with E-state index in [1.54, 1.807) is 18.2 Å². The maximum Gasteiger partial charge on any atom is 0.152 e. The summed E-state index contributed by atoms with van der Waals surface area (Å²) in [7, 11) is -1.39. The Morgan fingerprint density at radius 1 is 1.47 bits per heavy atom. The van der Waals surface area contributed by atoms with Gasteiger partial charge in [0, 0.05) is 23.7 Å². The second-order valence-electron chi connectivity index (χ2n) is 5.25. The van der Waals surface area contributed by atoms with E-state index in [0.29, 0.717) is 18.7 Å². The summed E-state index contributed by atoms with van der Waals surface area (Å²) in [5.74, 6) is 1.12. The first-order chi connectivity index (χ1) is 8.84. The standard InChI is InChI=1S/C13H19NO4S/c1-13(5-6-19(16,17)9-13)14-8-10-3-4-11(18-2)7-12(10)15/h3-4,7,14-15H,5-6,8-9H2,1-2H3. The van der Waals surface area contributed by atoms with Gasteiger partial charge in [0.15, 0.2) is 9.84 Å². The number of nitrogens with one attached hydrogen (secondary N) is 1. The van der Waals surface area contributed by atoms with Gasteiger partial charge in [-0.3, -0.25) is 0 Å². The number of hydrogen-bond donors (Lipinski definition) is 2. The molecular formula is C13H19NO4S. The molecule has 19 heavy (non-hydrogen) atoms. The molecule has 0 aliphatic carbocycles. The number of aromatic hydroxyl groups is 1. The van der Waals surface area contributed by atoms with Crippen LogP contribution in [0.3, 0.4) is 0 Å². The van der Waals surface area contributed by atoms with Crippen molar-refractivity contribution in [3.8, 4) is 11.5 Å². The van der Waals surface area contributed by atoms with Crippen LogP contribution in [0.1, 0.15) is 18.9 Å². The highest BCUT2D eigenvalue weighted by atomic mass is 32.2. The fraction of sp³-hybridized carbons (Fsp3) is 0.538. The lowest BCUT2D eigenvalue weighted by Crippen LogP contribution is -2.42. The first-order valence-electron chi connectivity index (χ1n) is 6.15. The van der Waals surface area contributed by atoms with E-state index >= 15 is 0 Å². The Labute approximate surface area is 113 Å². The molecule has 1 atom stereocenters. The minimum atomic E-state index is -2.92. The molecule has 0 aromatic heterocycles. The summed E-state index contributed by atoms with van der Waals surface area (Å²) in [4.78, 5) is 0. The summed E-state index contributed by atoms with van der Waals surface area (Å²) >= 11 is 0. The van der Waals surface area contributed by atoms with Gasteiger partial charge in [-0.05, 0) is 19.4 Å². The number of ether oxygens (including phenoxy) is 1. The van der Waals surface area contributed by atoms with Crippen LogP contribution in [-0.4, -0.2) is 37.7 Å². The van der Waals surface area contributed by atoms with Crippen molar-refractivity contribution >= 4 is 9.84 Å². The average molecular weight is 285 g/mol. The first-order valence-corrected chi connectivity index (χ1v) is 7.97. The molecule has 0 spiro atoms. The predicted octanol–water partition coefficient (Wildman–Crippen LogP) is 1.07. The minimum absolute atomic E-state index is 0.149. The van der Waals surface area contributed by atoms with Gasteiger partial charge in [-0.25, -0.2) is 8.42 Å². The van der Waals surface area contributed by atoms with E-state index in [1.165, 1.54) is 7.11 Å². The van der Waals surface area contributed by atoms with Crippen LogP contribution < -0.4 is 10.1 Å². The Morgan fingerprint density at radius 3 is 2.74 bits per heavy atom. The Hall–Kier alpha value is -1.27. The molecule has 0 amide bonds. The third kappa shape index (κ3) is 3.39. The maximum absolute atomic E-state index is 11.5. The molecule has 6 heteroatoms. The Balaban J connectivity index is 2.03. The van der Waals surface area contributed by atoms with Crippen molar-refractivity contribution in [2.75, 3.05) is 18.6 Å². The van der Waals surface area contributed by atoms with Crippen molar-refractivity contribution in [2.45, 2.75) is 25.4 Å². The molecule has 1 fully saturated rings. The van der Waals surface area contributed by atoms with Gasteiger partial charge in [0.05, 0.1) is 18.6 Å². The van der Waals surface area contributed by atoms with E-state index < -0.39 is 15.4 Å². The van der Waals surface area contributed by atoms with E-state index in [2.05, 4.69) is 5.32 Å². The number of phenolic OH excluding ortho intramolecular Hbond substituents is 1. The highest BCUT2D eigenvalue weighted by Crippen LogP contribution is 2.26. The number of benzene rings is 1. The van der Waals surface area contributed by atoms with Gasteiger partial charge in [0.2, 0.25) is 0 Å². The smallest absolute Gasteiger partial charge is 0.152 e. The summed E-state index contributed by atoms with van der Waals surface area (Å²) in [5, 5.41) is 13.1. The molecule has 0 radical (unpaired) electrons. The van der Waals surface area contributed by atoms with Gasteiger partial charge in [0.25, 0.3) is 0 Å². The van der Waals surface area contributed by atoms with Gasteiger partial charge < -0.3 is 15.2 Å². The molecule has 5 nitrogen and oxygen atoms in total. The fourth-order valence-electron chi connectivity index (χ4n) is 2.28. The lowest BCUT2D eigenvalue weighted by molar-refractivity contribution is 0.384. The van der Waals surface area contributed by atoms with Crippen molar-refractivity contribution in [2.24, 2.45) is 0 Å². The van der Waals surface area contributed by atoms with E-state index in [1.807, 2.05) is 6.92 Å². The molecule has 106 valence electrons. The lowest BCUT2D eigenvalue weighted by Gasteiger charge is -2.24. The van der Waals surface area contributed by atoms with Crippen LogP contribution in [0, 0.1) is 0 Å². The van der Waals surface area contributed by atoms with Crippen molar-refractivity contribution in [3.05, 3.63) is 23.8 Å². The SMILES string of the molecule is COc1ccc(CNC2(C)CCS(=O)(=O)C2)c(O)c1. The van der Waals surface area contributed by atoms with Crippen LogP contribution in [-0.2, 0) is 16.4 Å². The van der Waals surface area contributed by atoms with Crippen LogP contribution >= 0.6 is 0 Å². The highest BCUT2D eigenvalue weighted by Gasteiger charge is 2.37. The largest absolute Gasteiger partial charge is 0.507 e. The summed E-state index contributed by atoms with van der Waals surface area (Å²) in [6.07, 6.45) is 0.603. The molecule has 1 aromatic rings. The minimum Gasteiger partial charge on any atom is -0.507 e. The summed E-state index contributed by atoms with van der Waals surface area (Å²) in [6, 6.07) is 5.09. The molecule has 2 rings (SSSR count). The third-order valence-corrected chi connectivity index (χ3v) is 5.40. The summed E-state index contributed by atoms with van der Waals surface area (Å²) in [6.45, 7) is 2.33. The lowest BCUT2D eigenvalue weighted by atomic mass is 10.0. The van der Waals surface area contributed by atoms with E-state index in [9.17, 15) is 13.5 Å². The van der Waals surface area contributed by atoms with E-state index in [4.69, 9.17) is 4.74 Å². The topological polar surface area (TPSA) is 75.6 Å². The molecule has 1 saturated heterocycles. The number of rotatable bonds is 4. The molecule has 1 aromatic carbocycles. The van der Waals surface area contributed by atoms with Gasteiger partial charge in [-0.1, -0.05) is 6.07 Å². The molecule has 1 unspecified atom stereocenters. The second-order valence-corrected chi connectivity index (χ2v) is 7.43. The van der Waals surface area contributed by atoms with Crippen molar-refractivity contribution in [1.29, 1.82) is 0 Å². The second kappa shape index (κ2) is 5.02. The first kappa shape index (κ1) is 14.1. The van der Waals surface area contributed by atoms with Gasteiger partial charge in [-0.2, -0.15) is 0 Å². The molecule has 0 bridgehead atoms. The van der Waals surface area contributed by atoms with E-state index in [0.717, 1.165) is 5.56 Å². The zero-order chi connectivity index (χ0) is 14.1. The molecule has 2 N–H and O–H groups in total. The Bertz CT molecular complexity index is 570. The van der Waals surface area contributed by atoms with Crippen LogP contribution in [0.5, 0.6) is 11.5 Å². The quantitative estimate of drug-likeness (QED) is 0.865. The Morgan fingerprint density at radius 2 is 2.21 bits per heavy atom. The van der Waals surface area contributed by atoms with Crippen molar-refractivity contribution < 1.29 is 18.3 Å².